The van der Waals surface area contributed by atoms with Gasteiger partial charge in [-0.05, 0) is 18.6 Å². The number of carbonyl (C=O) groups excluding carboxylic acids is 2. The Bertz CT molecular complexity index is 394. The van der Waals surface area contributed by atoms with Gasteiger partial charge in [-0.2, -0.15) is 0 Å². The average molecular weight is 223 g/mol. The van der Waals surface area contributed by atoms with Crippen molar-refractivity contribution in [3.05, 3.63) is 29.3 Å². The maximum Gasteiger partial charge on any atom is 0.344 e. The highest BCUT2D eigenvalue weighted by atomic mass is 16.6. The molecule has 0 aromatic heterocycles. The molecule has 16 heavy (non-hydrogen) atoms. The molecule has 0 atom stereocenters. The maximum absolute atomic E-state index is 11.6. The maximum atomic E-state index is 11.6. The molecule has 1 aromatic carbocycles. The van der Waals surface area contributed by atoms with Crippen molar-refractivity contribution in [2.45, 2.75) is 6.92 Å². The first-order valence-corrected chi connectivity index (χ1v) is 4.65. The third kappa shape index (κ3) is 2.73. The summed E-state index contributed by atoms with van der Waals surface area (Å²) in [6.07, 6.45) is 0. The number of methoxy groups -OCH3 is 1. The van der Waals surface area contributed by atoms with Gasteiger partial charge in [0.15, 0.2) is 6.61 Å². The van der Waals surface area contributed by atoms with Crippen LogP contribution in [0.25, 0.3) is 0 Å². The second kappa shape index (κ2) is 5.16. The molecule has 1 rings (SSSR count). The molecule has 5 nitrogen and oxygen atoms in total. The number of rotatable bonds is 3. The van der Waals surface area contributed by atoms with Gasteiger partial charge in [0, 0.05) is 5.69 Å². The zero-order valence-corrected chi connectivity index (χ0v) is 9.15. The Kier molecular flexibility index (Phi) is 3.88. The van der Waals surface area contributed by atoms with Crippen LogP contribution in [0.5, 0.6) is 0 Å². The van der Waals surface area contributed by atoms with Crippen molar-refractivity contribution in [3.63, 3.8) is 0 Å². The highest BCUT2D eigenvalue weighted by Crippen LogP contribution is 2.17. The van der Waals surface area contributed by atoms with Gasteiger partial charge in [0.2, 0.25) is 0 Å². The molecule has 5 heteroatoms. The first kappa shape index (κ1) is 12.0. The van der Waals surface area contributed by atoms with E-state index in [1.807, 2.05) is 0 Å². The molecule has 0 aliphatic heterocycles. The minimum Gasteiger partial charge on any atom is -0.466 e. The molecule has 0 aliphatic rings. The first-order valence-electron chi connectivity index (χ1n) is 4.65. The quantitative estimate of drug-likeness (QED) is 0.608. The second-order valence-electron chi connectivity index (χ2n) is 3.19. The van der Waals surface area contributed by atoms with E-state index in [1.54, 1.807) is 25.1 Å². The van der Waals surface area contributed by atoms with Crippen molar-refractivity contribution < 1.29 is 19.1 Å². The largest absolute Gasteiger partial charge is 0.466 e. The fourth-order valence-corrected chi connectivity index (χ4v) is 1.22. The van der Waals surface area contributed by atoms with Crippen LogP contribution in [0.2, 0.25) is 0 Å². The summed E-state index contributed by atoms with van der Waals surface area (Å²) in [5.41, 5.74) is 6.96. The number of anilines is 1. The van der Waals surface area contributed by atoms with E-state index >= 15 is 0 Å². The van der Waals surface area contributed by atoms with Crippen LogP contribution in [0.4, 0.5) is 5.69 Å². The van der Waals surface area contributed by atoms with E-state index in [-0.39, 0.29) is 5.56 Å². The Morgan fingerprint density at radius 3 is 2.62 bits per heavy atom. The van der Waals surface area contributed by atoms with Crippen molar-refractivity contribution in [1.82, 2.24) is 0 Å². The SMILES string of the molecule is COC(=O)COC(=O)c1c(C)cccc1N. The molecule has 2 N–H and O–H groups in total. The molecule has 0 heterocycles. The van der Waals surface area contributed by atoms with Gasteiger partial charge in [-0.1, -0.05) is 12.1 Å². The van der Waals surface area contributed by atoms with Crippen LogP contribution in [-0.4, -0.2) is 25.7 Å². The van der Waals surface area contributed by atoms with E-state index in [2.05, 4.69) is 4.74 Å². The number of carbonyl (C=O) groups is 2. The molecular weight excluding hydrogens is 210 g/mol. The van der Waals surface area contributed by atoms with E-state index in [0.717, 1.165) is 0 Å². The summed E-state index contributed by atoms with van der Waals surface area (Å²) in [7, 11) is 1.22. The number of nitrogen functional groups attached to an aromatic ring is 1. The topological polar surface area (TPSA) is 78.6 Å². The Morgan fingerprint density at radius 2 is 2.06 bits per heavy atom. The van der Waals surface area contributed by atoms with Crippen LogP contribution < -0.4 is 5.73 Å². The summed E-state index contributed by atoms with van der Waals surface area (Å²) in [4.78, 5) is 22.4. The van der Waals surface area contributed by atoms with Gasteiger partial charge in [-0.15, -0.1) is 0 Å². The Morgan fingerprint density at radius 1 is 1.38 bits per heavy atom. The van der Waals surface area contributed by atoms with Crippen LogP contribution in [0, 0.1) is 6.92 Å². The Hall–Kier alpha value is -2.04. The molecule has 0 fully saturated rings. The lowest BCUT2D eigenvalue weighted by Gasteiger charge is -2.08. The van der Waals surface area contributed by atoms with Crippen molar-refractivity contribution in [2.75, 3.05) is 19.5 Å². The average Bonchev–Trinajstić information content (AvgIpc) is 2.25. The molecule has 0 amide bonds. The fraction of sp³-hybridized carbons (Fsp3) is 0.273. The summed E-state index contributed by atoms with van der Waals surface area (Å²) in [5.74, 6) is -1.23. The zero-order valence-electron chi connectivity index (χ0n) is 9.15. The Labute approximate surface area is 93.1 Å². The number of nitrogens with two attached hydrogens (primary N) is 1. The number of hydrogen-bond acceptors (Lipinski definition) is 5. The number of aryl methyl sites for hydroxylation is 1. The normalized spacial score (nSPS) is 9.62. The van der Waals surface area contributed by atoms with E-state index < -0.39 is 18.5 Å². The Balaban J connectivity index is 2.77. The van der Waals surface area contributed by atoms with Crippen molar-refractivity contribution >= 4 is 17.6 Å². The molecule has 0 saturated heterocycles. The highest BCUT2D eigenvalue weighted by molar-refractivity contribution is 5.97. The molecule has 86 valence electrons. The summed E-state index contributed by atoms with van der Waals surface area (Å²) >= 11 is 0. The molecule has 0 bridgehead atoms. The van der Waals surface area contributed by atoms with Crippen molar-refractivity contribution in [2.24, 2.45) is 0 Å². The molecule has 0 radical (unpaired) electrons. The van der Waals surface area contributed by atoms with Gasteiger partial charge < -0.3 is 15.2 Å². The van der Waals surface area contributed by atoms with Gasteiger partial charge in [0.25, 0.3) is 0 Å². The van der Waals surface area contributed by atoms with E-state index in [4.69, 9.17) is 10.5 Å². The predicted molar refractivity (Wildman–Crippen MR) is 57.9 cm³/mol. The van der Waals surface area contributed by atoms with Crippen molar-refractivity contribution in [3.8, 4) is 0 Å². The third-order valence-corrected chi connectivity index (χ3v) is 2.06. The smallest absolute Gasteiger partial charge is 0.344 e. The van der Waals surface area contributed by atoms with E-state index in [1.165, 1.54) is 7.11 Å². The van der Waals surface area contributed by atoms with Crippen LogP contribution in [0.1, 0.15) is 15.9 Å². The summed E-state index contributed by atoms with van der Waals surface area (Å²) in [5, 5.41) is 0. The fourth-order valence-electron chi connectivity index (χ4n) is 1.22. The van der Waals surface area contributed by atoms with Gasteiger partial charge >= 0.3 is 11.9 Å². The molecular formula is C11H13NO4. The number of hydrogen-bond donors (Lipinski definition) is 1. The number of ether oxygens (including phenoxy) is 2. The van der Waals surface area contributed by atoms with Gasteiger partial charge in [-0.25, -0.2) is 9.59 Å². The summed E-state index contributed by atoms with van der Waals surface area (Å²) in [6.45, 7) is 1.33. The third-order valence-electron chi connectivity index (χ3n) is 2.06. The number of benzene rings is 1. The molecule has 0 aliphatic carbocycles. The number of esters is 2. The molecule has 0 unspecified atom stereocenters. The molecule has 0 spiro atoms. The van der Waals surface area contributed by atoms with Gasteiger partial charge in [0.05, 0.1) is 12.7 Å². The van der Waals surface area contributed by atoms with Gasteiger partial charge in [-0.3, -0.25) is 0 Å². The van der Waals surface area contributed by atoms with E-state index in [0.29, 0.717) is 11.3 Å². The van der Waals surface area contributed by atoms with Crippen molar-refractivity contribution in [1.29, 1.82) is 0 Å². The van der Waals surface area contributed by atoms with E-state index in [9.17, 15) is 9.59 Å². The highest BCUT2D eigenvalue weighted by Gasteiger charge is 2.15. The first-order chi connectivity index (χ1) is 7.56. The molecule has 1 aromatic rings. The monoisotopic (exact) mass is 223 g/mol. The zero-order chi connectivity index (χ0) is 12.1. The van der Waals surface area contributed by atoms with Crippen LogP contribution in [0.3, 0.4) is 0 Å². The van der Waals surface area contributed by atoms with Gasteiger partial charge in [0.1, 0.15) is 0 Å². The lowest BCUT2D eigenvalue weighted by molar-refractivity contribution is -0.144. The summed E-state index contributed by atoms with van der Waals surface area (Å²) in [6, 6.07) is 5.08. The van der Waals surface area contributed by atoms with Crippen LogP contribution in [-0.2, 0) is 14.3 Å². The van der Waals surface area contributed by atoms with Crippen LogP contribution >= 0.6 is 0 Å². The predicted octanol–water partition coefficient (Wildman–Crippen LogP) is 0.907. The molecule has 0 saturated carbocycles. The lowest BCUT2D eigenvalue weighted by Crippen LogP contribution is -2.16. The summed E-state index contributed by atoms with van der Waals surface area (Å²) < 4.78 is 9.10. The second-order valence-corrected chi connectivity index (χ2v) is 3.19. The lowest BCUT2D eigenvalue weighted by atomic mass is 10.1. The minimum absolute atomic E-state index is 0.284. The minimum atomic E-state index is -0.624. The standard InChI is InChI=1S/C11H13NO4/c1-7-4-3-5-8(12)10(7)11(14)16-6-9(13)15-2/h3-5H,6,12H2,1-2H3. The van der Waals surface area contributed by atoms with Crippen LogP contribution in [0.15, 0.2) is 18.2 Å².